The van der Waals surface area contributed by atoms with E-state index >= 15 is 0 Å². The van der Waals surface area contributed by atoms with Crippen LogP contribution in [0.25, 0.3) is 0 Å². The lowest BCUT2D eigenvalue weighted by molar-refractivity contribution is -0.00109. The van der Waals surface area contributed by atoms with Gasteiger partial charge in [-0.3, -0.25) is 9.05 Å². The fourth-order valence-electron chi connectivity index (χ4n) is 2.87. The molecule has 9 nitrogen and oxygen atoms in total. The Morgan fingerprint density at radius 3 is 1.97 bits per heavy atom. The summed E-state index contributed by atoms with van der Waals surface area (Å²) in [5, 5.41) is 2.69. The molecule has 10 heteroatoms. The summed E-state index contributed by atoms with van der Waals surface area (Å²) < 4.78 is 30.5. The second-order valence-corrected chi connectivity index (χ2v) is 8.79. The van der Waals surface area contributed by atoms with Crippen LogP contribution >= 0.6 is 7.82 Å². The van der Waals surface area contributed by atoms with Gasteiger partial charge in [0.2, 0.25) is 0 Å². The number of unbranched alkanes of at least 4 members (excludes halogenated alkanes) is 11. The van der Waals surface area contributed by atoms with E-state index in [4.69, 9.17) is 19.7 Å². The zero-order valence-corrected chi connectivity index (χ0v) is 19.7. The third-order valence-corrected chi connectivity index (χ3v) is 5.65. The molecule has 1 amide bonds. The molecule has 0 heterocycles. The zero-order valence-electron chi connectivity index (χ0n) is 18.8. The highest BCUT2D eigenvalue weighted by molar-refractivity contribution is 7.47. The molecule has 2 atom stereocenters. The van der Waals surface area contributed by atoms with Gasteiger partial charge in [0.1, 0.15) is 19.4 Å². The first-order valence-electron chi connectivity index (χ1n) is 11.2. The largest absolute Gasteiger partial charge is 0.473 e. The normalized spacial score (nSPS) is 14.3. The van der Waals surface area contributed by atoms with Crippen molar-refractivity contribution in [2.45, 2.75) is 90.1 Å². The van der Waals surface area contributed by atoms with Crippen LogP contribution in [0.2, 0.25) is 0 Å². The number of phosphoric ester groups is 1. The second kappa shape index (κ2) is 20.2. The minimum absolute atomic E-state index is 0.108. The predicted octanol–water partition coefficient (Wildman–Crippen LogP) is 4.48. The van der Waals surface area contributed by atoms with Gasteiger partial charge in [-0.05, 0) is 6.42 Å². The molecule has 2 unspecified atom stereocenters. The molecular weight excluding hydrogens is 411 g/mol. The van der Waals surface area contributed by atoms with Crippen LogP contribution in [0, 0.1) is 0 Å². The Morgan fingerprint density at radius 2 is 1.47 bits per heavy atom. The maximum Gasteiger partial charge on any atom is 0.473 e. The maximum atomic E-state index is 11.7. The molecule has 0 aliphatic heterocycles. The van der Waals surface area contributed by atoms with Crippen molar-refractivity contribution in [2.24, 2.45) is 5.73 Å². The predicted molar refractivity (Wildman–Crippen MR) is 117 cm³/mol. The highest BCUT2D eigenvalue weighted by Gasteiger charge is 2.23. The van der Waals surface area contributed by atoms with Gasteiger partial charge in [0, 0.05) is 13.7 Å². The highest BCUT2D eigenvalue weighted by atomic mass is 31.2. The summed E-state index contributed by atoms with van der Waals surface area (Å²) in [5.41, 5.74) is 5.03. The Balaban J connectivity index is 3.54. The average Bonchev–Trinajstić information content (AvgIpc) is 2.71. The van der Waals surface area contributed by atoms with Crippen molar-refractivity contribution in [3.8, 4) is 0 Å². The molecule has 0 spiro atoms. The molecule has 0 saturated carbocycles. The summed E-state index contributed by atoms with van der Waals surface area (Å²) in [6.07, 6.45) is 13.9. The fourth-order valence-corrected chi connectivity index (χ4v) is 3.49. The Labute approximate surface area is 182 Å². The lowest BCUT2D eigenvalue weighted by atomic mass is 10.1. The molecule has 0 aromatic heterocycles. The van der Waals surface area contributed by atoms with Gasteiger partial charge in [-0.25, -0.2) is 9.36 Å². The van der Waals surface area contributed by atoms with Gasteiger partial charge < -0.3 is 25.4 Å². The van der Waals surface area contributed by atoms with Gasteiger partial charge in [-0.1, -0.05) is 77.6 Å². The number of ether oxygens (including phenoxy) is 2. The Kier molecular flexibility index (Phi) is 19.7. The number of nitrogens with two attached hydrogens (primary N) is 1. The summed E-state index contributed by atoms with van der Waals surface area (Å²) in [7, 11) is -2.83. The Bertz CT molecular complexity index is 455. The number of nitrogens with one attached hydrogen (secondary N) is 1. The Hall–Kier alpha value is -0.700. The van der Waals surface area contributed by atoms with Crippen molar-refractivity contribution >= 4 is 13.9 Å². The van der Waals surface area contributed by atoms with Crippen LogP contribution in [-0.4, -0.2) is 50.7 Å². The highest BCUT2D eigenvalue weighted by Crippen LogP contribution is 2.42. The summed E-state index contributed by atoms with van der Waals surface area (Å²) in [6, 6.07) is 0. The molecule has 30 heavy (non-hydrogen) atoms. The van der Waals surface area contributed by atoms with Crippen LogP contribution in [0.3, 0.4) is 0 Å². The van der Waals surface area contributed by atoms with Crippen molar-refractivity contribution in [2.75, 3.05) is 33.6 Å². The van der Waals surface area contributed by atoms with Crippen molar-refractivity contribution in [3.63, 3.8) is 0 Å². The summed E-state index contributed by atoms with van der Waals surface area (Å²) in [6.45, 7) is 1.98. The molecule has 0 radical (unpaired) electrons. The van der Waals surface area contributed by atoms with Crippen molar-refractivity contribution in [3.05, 3.63) is 0 Å². The maximum absolute atomic E-state index is 11.7. The molecule has 0 saturated heterocycles. The van der Waals surface area contributed by atoms with Crippen LogP contribution in [0.5, 0.6) is 0 Å². The van der Waals surface area contributed by atoms with Crippen molar-refractivity contribution < 1.29 is 32.8 Å². The SMILES string of the molecule is CCCCCCCCCCCCCCNC(=O)OCC(COP(=O)(O)OCN)OC. The van der Waals surface area contributed by atoms with E-state index in [1.54, 1.807) is 0 Å². The van der Waals surface area contributed by atoms with Crippen LogP contribution < -0.4 is 11.1 Å². The molecule has 0 bridgehead atoms. The fraction of sp³-hybridized carbons (Fsp3) is 0.950. The molecule has 0 aromatic carbocycles. The molecular formula is C20H43N2O7P. The first kappa shape index (κ1) is 29.3. The molecule has 0 aliphatic rings. The van der Waals surface area contributed by atoms with E-state index in [0.29, 0.717) is 6.54 Å². The number of amides is 1. The van der Waals surface area contributed by atoms with E-state index < -0.39 is 26.8 Å². The van der Waals surface area contributed by atoms with E-state index in [9.17, 15) is 14.3 Å². The third kappa shape index (κ3) is 19.3. The molecule has 0 aromatic rings. The lowest BCUT2D eigenvalue weighted by Gasteiger charge is -2.17. The molecule has 0 aliphatic carbocycles. The van der Waals surface area contributed by atoms with E-state index in [2.05, 4.69) is 16.8 Å². The quantitative estimate of drug-likeness (QED) is 0.131. The van der Waals surface area contributed by atoms with Crippen molar-refractivity contribution in [1.29, 1.82) is 0 Å². The minimum Gasteiger partial charge on any atom is -0.447 e. The van der Waals surface area contributed by atoms with E-state index in [1.807, 2.05) is 0 Å². The van der Waals surface area contributed by atoms with Crippen LogP contribution in [-0.2, 0) is 23.1 Å². The smallest absolute Gasteiger partial charge is 0.447 e. The minimum atomic E-state index is -4.21. The number of hydrogen-bond acceptors (Lipinski definition) is 7. The Morgan fingerprint density at radius 1 is 0.933 bits per heavy atom. The van der Waals surface area contributed by atoms with E-state index in [1.165, 1.54) is 71.3 Å². The molecule has 4 N–H and O–H groups in total. The van der Waals surface area contributed by atoms with Gasteiger partial charge in [0.05, 0.1) is 6.61 Å². The first-order valence-corrected chi connectivity index (χ1v) is 12.7. The molecule has 180 valence electrons. The number of carbonyl (C=O) groups excluding carboxylic acids is 1. The average molecular weight is 455 g/mol. The van der Waals surface area contributed by atoms with Gasteiger partial charge in [0.15, 0.2) is 0 Å². The van der Waals surface area contributed by atoms with E-state index in [0.717, 1.165) is 12.8 Å². The molecule has 0 rings (SSSR count). The van der Waals surface area contributed by atoms with Gasteiger partial charge >= 0.3 is 13.9 Å². The van der Waals surface area contributed by atoms with Crippen LogP contribution in [0.1, 0.15) is 84.0 Å². The first-order chi connectivity index (χ1) is 14.4. The summed E-state index contributed by atoms with van der Waals surface area (Å²) in [4.78, 5) is 21.0. The summed E-state index contributed by atoms with van der Waals surface area (Å²) in [5.74, 6) is 0. The second-order valence-electron chi connectivity index (χ2n) is 7.33. The number of carbonyl (C=O) groups is 1. The number of alkyl carbamates (subject to hydrolysis) is 1. The van der Waals surface area contributed by atoms with Gasteiger partial charge in [0.25, 0.3) is 0 Å². The molecule has 0 fully saturated rings. The number of phosphoric acid groups is 1. The monoisotopic (exact) mass is 454 g/mol. The topological polar surface area (TPSA) is 129 Å². The number of methoxy groups -OCH3 is 1. The van der Waals surface area contributed by atoms with Gasteiger partial charge in [-0.15, -0.1) is 0 Å². The number of hydrogen-bond donors (Lipinski definition) is 3. The van der Waals surface area contributed by atoms with Crippen molar-refractivity contribution in [1.82, 2.24) is 5.32 Å². The lowest BCUT2D eigenvalue weighted by Crippen LogP contribution is -2.31. The third-order valence-electron chi connectivity index (χ3n) is 4.69. The van der Waals surface area contributed by atoms with E-state index in [-0.39, 0.29) is 13.2 Å². The zero-order chi connectivity index (χ0) is 22.5. The number of rotatable bonds is 21. The standard InChI is InChI=1S/C20H43N2O7P/c1-3-4-5-6-7-8-9-10-11-12-13-14-15-22-20(23)27-16-19(26-2)17-28-30(24,25)29-18-21/h19H,3-18,21H2,1-2H3,(H,22,23)(H,24,25). The van der Waals surface area contributed by atoms with Crippen LogP contribution in [0.4, 0.5) is 4.79 Å². The summed E-state index contributed by atoms with van der Waals surface area (Å²) >= 11 is 0. The van der Waals surface area contributed by atoms with Gasteiger partial charge in [-0.2, -0.15) is 0 Å². The van der Waals surface area contributed by atoms with Crippen LogP contribution in [0.15, 0.2) is 0 Å².